The first-order valence-corrected chi connectivity index (χ1v) is 15.4. The van der Waals surface area contributed by atoms with E-state index < -0.39 is 26.2 Å². The van der Waals surface area contributed by atoms with Crippen molar-refractivity contribution < 1.29 is 31.9 Å². The largest absolute Gasteiger partial charge is 0.379 e. The fourth-order valence-corrected chi connectivity index (χ4v) is 6.40. The Morgan fingerprint density at radius 3 is 2.33 bits per heavy atom. The topological polar surface area (TPSA) is 147 Å². The first-order valence-electron chi connectivity index (χ1n) is 13.1. The number of nitro benzene ring substituents is 1. The van der Waals surface area contributed by atoms with Crippen LogP contribution in [0.25, 0.3) is 6.08 Å². The molecule has 2 aliphatic heterocycles. The Balaban J connectivity index is 1.19. The van der Waals surface area contributed by atoms with Gasteiger partial charge in [0, 0.05) is 43.5 Å². The number of hydrogen-bond donors (Lipinski definition) is 0. The predicted molar refractivity (Wildman–Crippen MR) is 160 cm³/mol. The maximum Gasteiger partial charge on any atom is 0.339 e. The number of amides is 3. The lowest BCUT2D eigenvalue weighted by Crippen LogP contribution is -2.51. The minimum absolute atomic E-state index is 0.0496. The molecule has 3 amide bonds. The summed E-state index contributed by atoms with van der Waals surface area (Å²) >= 11 is 0.717. The normalized spacial score (nSPS) is 16.6. The Hall–Kier alpha value is -4.69. The summed E-state index contributed by atoms with van der Waals surface area (Å²) in [6, 6.07) is 19.0. The SMILES string of the molecule is Cc1ccc(S(=O)(=O)Oc2ccc(/C=C3\SC(=O)N(CC(=O)N4CCN(c5ccccc5)CC4)C3=O)cc2)cc1[N+](=O)[O-]. The number of nitrogens with zero attached hydrogens (tertiary/aromatic N) is 4. The lowest BCUT2D eigenvalue weighted by molar-refractivity contribution is -0.385. The summed E-state index contributed by atoms with van der Waals surface area (Å²) in [5.74, 6) is -0.945. The van der Waals surface area contributed by atoms with Crippen LogP contribution in [0.1, 0.15) is 11.1 Å². The van der Waals surface area contributed by atoms with Gasteiger partial charge in [-0.3, -0.25) is 29.4 Å². The number of aryl methyl sites for hydroxylation is 1. The van der Waals surface area contributed by atoms with Crippen LogP contribution in [0, 0.1) is 17.0 Å². The molecule has 222 valence electrons. The molecule has 0 radical (unpaired) electrons. The fourth-order valence-electron chi connectivity index (χ4n) is 4.61. The number of anilines is 1. The Labute approximate surface area is 251 Å². The van der Waals surface area contributed by atoms with Crippen LogP contribution < -0.4 is 9.08 Å². The first-order chi connectivity index (χ1) is 20.5. The molecular formula is C29H26N4O8S2. The molecule has 2 saturated heterocycles. The summed E-state index contributed by atoms with van der Waals surface area (Å²) < 4.78 is 30.5. The molecule has 0 N–H and O–H groups in total. The average molecular weight is 623 g/mol. The molecule has 2 heterocycles. The van der Waals surface area contributed by atoms with Crippen molar-refractivity contribution in [2.24, 2.45) is 0 Å². The van der Waals surface area contributed by atoms with E-state index in [1.54, 1.807) is 4.90 Å². The second kappa shape index (κ2) is 12.3. The zero-order chi connectivity index (χ0) is 30.7. The summed E-state index contributed by atoms with van der Waals surface area (Å²) in [5.41, 5.74) is 1.53. The second-order valence-corrected chi connectivity index (χ2v) is 12.3. The molecule has 0 spiro atoms. The highest BCUT2D eigenvalue weighted by molar-refractivity contribution is 8.18. The Morgan fingerprint density at radius 1 is 1.00 bits per heavy atom. The number of rotatable bonds is 8. The van der Waals surface area contributed by atoms with Crippen LogP contribution in [-0.2, 0) is 19.7 Å². The van der Waals surface area contributed by atoms with E-state index in [0.717, 1.165) is 16.7 Å². The molecule has 3 aromatic rings. The number of benzene rings is 3. The van der Waals surface area contributed by atoms with Gasteiger partial charge in [0.05, 0.1) is 9.83 Å². The fraction of sp³-hybridized carbons (Fsp3) is 0.207. The van der Waals surface area contributed by atoms with Gasteiger partial charge in [-0.15, -0.1) is 0 Å². The third-order valence-corrected chi connectivity index (χ3v) is 9.12. The van der Waals surface area contributed by atoms with Crippen molar-refractivity contribution in [3.63, 3.8) is 0 Å². The Bertz CT molecular complexity index is 1720. The minimum atomic E-state index is -4.35. The first kappa shape index (κ1) is 29.8. The van der Waals surface area contributed by atoms with Gasteiger partial charge in [0.2, 0.25) is 5.91 Å². The van der Waals surface area contributed by atoms with Crippen molar-refractivity contribution in [3.05, 3.63) is 98.9 Å². The van der Waals surface area contributed by atoms with Gasteiger partial charge >= 0.3 is 10.1 Å². The number of imide groups is 1. The number of carbonyl (C=O) groups excluding carboxylic acids is 3. The summed E-state index contributed by atoms with van der Waals surface area (Å²) in [6.07, 6.45) is 1.47. The molecular weight excluding hydrogens is 596 g/mol. The lowest BCUT2D eigenvalue weighted by atomic mass is 10.2. The Kier molecular flexibility index (Phi) is 8.50. The molecule has 2 aliphatic rings. The molecule has 3 aromatic carbocycles. The van der Waals surface area contributed by atoms with Crippen LogP contribution in [-0.4, -0.2) is 72.9 Å². The summed E-state index contributed by atoms with van der Waals surface area (Å²) in [4.78, 5) is 53.5. The molecule has 0 saturated carbocycles. The van der Waals surface area contributed by atoms with Crippen LogP contribution in [0.2, 0.25) is 0 Å². The van der Waals surface area contributed by atoms with Crippen molar-refractivity contribution in [1.29, 1.82) is 0 Å². The van der Waals surface area contributed by atoms with E-state index in [-0.39, 0.29) is 33.7 Å². The molecule has 5 rings (SSSR count). The van der Waals surface area contributed by atoms with Gasteiger partial charge < -0.3 is 14.0 Å². The lowest BCUT2D eigenvalue weighted by Gasteiger charge is -2.36. The quantitative estimate of drug-likeness (QED) is 0.156. The molecule has 0 aliphatic carbocycles. The highest BCUT2D eigenvalue weighted by Crippen LogP contribution is 2.33. The number of hydrogen-bond acceptors (Lipinski definition) is 10. The highest BCUT2D eigenvalue weighted by atomic mass is 32.2. The van der Waals surface area contributed by atoms with E-state index in [1.165, 1.54) is 49.4 Å². The van der Waals surface area contributed by atoms with E-state index in [1.807, 2.05) is 30.3 Å². The molecule has 0 atom stereocenters. The van der Waals surface area contributed by atoms with Gasteiger partial charge in [-0.1, -0.05) is 36.4 Å². The highest BCUT2D eigenvalue weighted by Gasteiger charge is 2.37. The third kappa shape index (κ3) is 6.70. The van der Waals surface area contributed by atoms with Crippen LogP contribution >= 0.6 is 11.8 Å². The number of para-hydroxylation sites is 1. The van der Waals surface area contributed by atoms with Crippen molar-refractivity contribution in [3.8, 4) is 5.75 Å². The molecule has 12 nitrogen and oxygen atoms in total. The number of nitro groups is 1. The molecule has 43 heavy (non-hydrogen) atoms. The van der Waals surface area contributed by atoms with E-state index in [4.69, 9.17) is 4.18 Å². The average Bonchev–Trinajstić information content (AvgIpc) is 3.25. The maximum absolute atomic E-state index is 13.0. The van der Waals surface area contributed by atoms with Gasteiger partial charge in [0.25, 0.3) is 16.8 Å². The van der Waals surface area contributed by atoms with E-state index in [0.29, 0.717) is 49.1 Å². The van der Waals surface area contributed by atoms with Gasteiger partial charge in [0.15, 0.2) is 0 Å². The molecule has 0 unspecified atom stereocenters. The number of piperazine rings is 1. The van der Waals surface area contributed by atoms with Gasteiger partial charge in [0.1, 0.15) is 17.2 Å². The standard InChI is InChI=1S/C29H26N4O8S2/c1-20-7-12-24(18-25(20)33(37)38)43(39,40)41-23-10-8-21(9-11-23)17-26-28(35)32(29(36)42-26)19-27(34)31-15-13-30(14-16-31)22-5-3-2-4-6-22/h2-12,17-18H,13-16,19H2,1H3/b26-17-. The van der Waals surface area contributed by atoms with Crippen molar-refractivity contribution in [2.45, 2.75) is 11.8 Å². The van der Waals surface area contributed by atoms with Crippen molar-refractivity contribution in [2.75, 3.05) is 37.6 Å². The summed E-state index contributed by atoms with van der Waals surface area (Å²) in [7, 11) is -4.35. The monoisotopic (exact) mass is 622 g/mol. The smallest absolute Gasteiger partial charge is 0.339 e. The predicted octanol–water partition coefficient (Wildman–Crippen LogP) is 4.06. The minimum Gasteiger partial charge on any atom is -0.379 e. The van der Waals surface area contributed by atoms with Gasteiger partial charge in [-0.2, -0.15) is 8.42 Å². The molecule has 14 heteroatoms. The molecule has 2 fully saturated rings. The molecule has 0 bridgehead atoms. The van der Waals surface area contributed by atoms with E-state index >= 15 is 0 Å². The number of thioether (sulfide) groups is 1. The van der Waals surface area contributed by atoms with Crippen molar-refractivity contribution in [1.82, 2.24) is 9.80 Å². The van der Waals surface area contributed by atoms with Crippen LogP contribution in [0.15, 0.2) is 82.6 Å². The van der Waals surface area contributed by atoms with Crippen LogP contribution in [0.5, 0.6) is 5.75 Å². The summed E-state index contributed by atoms with van der Waals surface area (Å²) in [6.45, 7) is 3.38. The van der Waals surface area contributed by atoms with E-state index in [9.17, 15) is 32.9 Å². The second-order valence-electron chi connectivity index (χ2n) is 9.78. The van der Waals surface area contributed by atoms with Crippen LogP contribution in [0.4, 0.5) is 16.2 Å². The summed E-state index contributed by atoms with van der Waals surface area (Å²) in [5, 5.41) is 10.6. The zero-order valence-electron chi connectivity index (χ0n) is 22.9. The van der Waals surface area contributed by atoms with E-state index in [2.05, 4.69) is 4.90 Å². The van der Waals surface area contributed by atoms with Crippen LogP contribution in [0.3, 0.4) is 0 Å². The number of carbonyl (C=O) groups is 3. The third-order valence-electron chi connectivity index (χ3n) is 6.97. The van der Waals surface area contributed by atoms with Gasteiger partial charge in [-0.05, 0) is 60.7 Å². The Morgan fingerprint density at radius 2 is 1.67 bits per heavy atom. The van der Waals surface area contributed by atoms with Crippen molar-refractivity contribution >= 4 is 56.4 Å². The van der Waals surface area contributed by atoms with Gasteiger partial charge in [-0.25, -0.2) is 0 Å². The maximum atomic E-state index is 13.0. The zero-order valence-corrected chi connectivity index (χ0v) is 24.5. The molecule has 0 aromatic heterocycles.